The second kappa shape index (κ2) is 9.50. The third-order valence-corrected chi connectivity index (χ3v) is 7.33. The standard InChI is InChI=1S/C25H27N5O3S/c1-16-18-14-17(10-11-19(18)26-23(16)32)21(31)15-34-25-28-27-24(29-12-6-3-7-13-29)30(25)20-8-4-5-9-22(20)33-2/h4-5,8-11,14,16H,3,6-7,12-13,15H2,1-2H3,(H,26,32). The number of Topliss-reactive ketones (excluding diaryl/α,β-unsaturated/α-hetero) is 1. The summed E-state index contributed by atoms with van der Waals surface area (Å²) in [7, 11) is 1.65. The van der Waals surface area contributed by atoms with Crippen LogP contribution in [0.3, 0.4) is 0 Å². The van der Waals surface area contributed by atoms with E-state index in [1.54, 1.807) is 19.2 Å². The van der Waals surface area contributed by atoms with Gasteiger partial charge in [0.2, 0.25) is 11.9 Å². The highest BCUT2D eigenvalue weighted by atomic mass is 32.2. The molecular weight excluding hydrogens is 450 g/mol. The minimum atomic E-state index is -0.254. The maximum Gasteiger partial charge on any atom is 0.232 e. The lowest BCUT2D eigenvalue weighted by Crippen LogP contribution is -2.31. The first-order chi connectivity index (χ1) is 16.6. The van der Waals surface area contributed by atoms with Gasteiger partial charge in [-0.15, -0.1) is 10.2 Å². The highest BCUT2D eigenvalue weighted by Gasteiger charge is 2.28. The Labute approximate surface area is 202 Å². The van der Waals surface area contributed by atoms with Gasteiger partial charge in [-0.1, -0.05) is 23.9 Å². The Morgan fingerprint density at radius 1 is 1.15 bits per heavy atom. The molecule has 3 aromatic rings. The minimum absolute atomic E-state index is 0.0200. The molecule has 2 aromatic carbocycles. The minimum Gasteiger partial charge on any atom is -0.495 e. The molecule has 0 bridgehead atoms. The molecule has 0 aliphatic carbocycles. The molecule has 0 radical (unpaired) electrons. The molecule has 8 nitrogen and oxygen atoms in total. The summed E-state index contributed by atoms with van der Waals surface area (Å²) in [6.07, 6.45) is 3.46. The molecule has 2 aliphatic rings. The van der Waals surface area contributed by atoms with Crippen molar-refractivity contribution in [3.05, 3.63) is 53.6 Å². The van der Waals surface area contributed by atoms with Crippen molar-refractivity contribution in [2.24, 2.45) is 0 Å². The molecule has 1 saturated heterocycles. The average Bonchev–Trinajstić information content (AvgIpc) is 3.43. The smallest absolute Gasteiger partial charge is 0.232 e. The number of hydrogen-bond acceptors (Lipinski definition) is 7. The zero-order valence-corrected chi connectivity index (χ0v) is 20.1. The third kappa shape index (κ3) is 4.16. The van der Waals surface area contributed by atoms with E-state index in [0.717, 1.165) is 54.6 Å². The number of amides is 1. The van der Waals surface area contributed by atoms with Crippen molar-refractivity contribution in [3.63, 3.8) is 0 Å². The van der Waals surface area contributed by atoms with Crippen LogP contribution in [-0.2, 0) is 4.79 Å². The second-order valence-electron chi connectivity index (χ2n) is 8.56. The highest BCUT2D eigenvalue weighted by molar-refractivity contribution is 7.99. The molecule has 1 fully saturated rings. The number of piperidine rings is 1. The van der Waals surface area contributed by atoms with Gasteiger partial charge in [0.1, 0.15) is 5.75 Å². The van der Waals surface area contributed by atoms with Crippen molar-refractivity contribution < 1.29 is 14.3 Å². The van der Waals surface area contributed by atoms with Crippen LogP contribution in [0.1, 0.15) is 48.0 Å². The number of hydrogen-bond donors (Lipinski definition) is 1. The molecule has 1 amide bonds. The van der Waals surface area contributed by atoms with Crippen LogP contribution in [0, 0.1) is 0 Å². The number of rotatable bonds is 7. The lowest BCUT2D eigenvalue weighted by atomic mass is 9.99. The van der Waals surface area contributed by atoms with E-state index in [0.29, 0.717) is 10.7 Å². The van der Waals surface area contributed by atoms with Gasteiger partial charge in [-0.3, -0.25) is 14.2 Å². The van der Waals surface area contributed by atoms with Gasteiger partial charge < -0.3 is 15.0 Å². The van der Waals surface area contributed by atoms with Gasteiger partial charge in [0.05, 0.1) is 24.5 Å². The summed E-state index contributed by atoms with van der Waals surface area (Å²) in [5.41, 5.74) is 3.09. The van der Waals surface area contributed by atoms with Gasteiger partial charge in [0.25, 0.3) is 0 Å². The van der Waals surface area contributed by atoms with Crippen LogP contribution in [0.15, 0.2) is 47.6 Å². The van der Waals surface area contributed by atoms with Crippen LogP contribution in [0.5, 0.6) is 5.75 Å². The molecule has 1 unspecified atom stereocenters. The maximum absolute atomic E-state index is 13.1. The maximum atomic E-state index is 13.1. The van der Waals surface area contributed by atoms with Crippen LogP contribution in [0.2, 0.25) is 0 Å². The topological polar surface area (TPSA) is 89.3 Å². The largest absolute Gasteiger partial charge is 0.495 e. The molecule has 9 heteroatoms. The summed E-state index contributed by atoms with van der Waals surface area (Å²) in [5.74, 6) is 1.39. The van der Waals surface area contributed by atoms with Crippen molar-refractivity contribution in [1.29, 1.82) is 0 Å². The monoisotopic (exact) mass is 477 g/mol. The second-order valence-corrected chi connectivity index (χ2v) is 9.50. The summed E-state index contributed by atoms with van der Waals surface area (Å²) in [5, 5.41) is 12.5. The number of nitrogens with zero attached hydrogens (tertiary/aromatic N) is 4. The summed E-state index contributed by atoms with van der Waals surface area (Å²) < 4.78 is 7.61. The summed E-state index contributed by atoms with van der Waals surface area (Å²) in [6.45, 7) is 3.70. The molecule has 34 heavy (non-hydrogen) atoms. The fraction of sp³-hybridized carbons (Fsp3) is 0.360. The average molecular weight is 478 g/mol. The van der Waals surface area contributed by atoms with Gasteiger partial charge in [-0.05, 0) is 62.1 Å². The predicted octanol–water partition coefficient (Wildman–Crippen LogP) is 4.30. The van der Waals surface area contributed by atoms with E-state index in [2.05, 4.69) is 20.4 Å². The van der Waals surface area contributed by atoms with Crippen LogP contribution >= 0.6 is 11.8 Å². The number of anilines is 2. The number of para-hydroxylation sites is 2. The highest BCUT2D eigenvalue weighted by Crippen LogP contribution is 2.35. The first-order valence-corrected chi connectivity index (χ1v) is 12.5. The Balaban J connectivity index is 1.42. The molecule has 1 aromatic heterocycles. The lowest BCUT2D eigenvalue weighted by Gasteiger charge is -2.28. The number of carbonyl (C=O) groups excluding carboxylic acids is 2. The number of benzene rings is 2. The first-order valence-electron chi connectivity index (χ1n) is 11.5. The van der Waals surface area contributed by atoms with Gasteiger partial charge in [0, 0.05) is 24.3 Å². The fourth-order valence-electron chi connectivity index (χ4n) is 4.48. The van der Waals surface area contributed by atoms with Gasteiger partial charge in [-0.25, -0.2) is 0 Å². The number of ketones is 1. The molecule has 0 saturated carbocycles. The molecule has 3 heterocycles. The van der Waals surface area contributed by atoms with E-state index in [1.165, 1.54) is 18.2 Å². The van der Waals surface area contributed by atoms with Crippen molar-refractivity contribution in [2.45, 2.75) is 37.3 Å². The Morgan fingerprint density at radius 2 is 1.94 bits per heavy atom. The van der Waals surface area contributed by atoms with Gasteiger partial charge in [-0.2, -0.15) is 0 Å². The predicted molar refractivity (Wildman–Crippen MR) is 133 cm³/mol. The Morgan fingerprint density at radius 3 is 2.74 bits per heavy atom. The molecule has 0 spiro atoms. The number of ether oxygens (including phenoxy) is 1. The van der Waals surface area contributed by atoms with Crippen molar-refractivity contribution in [2.75, 3.05) is 36.2 Å². The molecule has 5 rings (SSSR count). The molecule has 2 aliphatic heterocycles. The van der Waals surface area contributed by atoms with E-state index in [-0.39, 0.29) is 23.4 Å². The van der Waals surface area contributed by atoms with Crippen LogP contribution in [0.4, 0.5) is 11.6 Å². The number of nitrogens with one attached hydrogen (secondary N) is 1. The normalized spacial score (nSPS) is 17.4. The van der Waals surface area contributed by atoms with E-state index in [4.69, 9.17) is 4.74 Å². The zero-order chi connectivity index (χ0) is 23.7. The summed E-state index contributed by atoms with van der Waals surface area (Å²) in [4.78, 5) is 27.3. The number of aromatic nitrogens is 3. The third-order valence-electron chi connectivity index (χ3n) is 6.40. The number of methoxy groups -OCH3 is 1. The van der Waals surface area contributed by atoms with Crippen molar-refractivity contribution in [1.82, 2.24) is 14.8 Å². The molecule has 1 N–H and O–H groups in total. The lowest BCUT2D eigenvalue weighted by molar-refractivity contribution is -0.116. The number of thioether (sulfide) groups is 1. The zero-order valence-electron chi connectivity index (χ0n) is 19.3. The fourth-order valence-corrected chi connectivity index (χ4v) is 5.32. The van der Waals surface area contributed by atoms with E-state index in [9.17, 15) is 9.59 Å². The quantitative estimate of drug-likeness (QED) is 0.401. The van der Waals surface area contributed by atoms with Crippen LogP contribution < -0.4 is 15.0 Å². The molecule has 1 atom stereocenters. The van der Waals surface area contributed by atoms with Crippen molar-refractivity contribution in [3.8, 4) is 11.4 Å². The van der Waals surface area contributed by atoms with Crippen molar-refractivity contribution >= 4 is 35.1 Å². The molecule has 176 valence electrons. The van der Waals surface area contributed by atoms with Crippen LogP contribution in [0.25, 0.3) is 5.69 Å². The van der Waals surface area contributed by atoms with E-state index < -0.39 is 0 Å². The summed E-state index contributed by atoms with van der Waals surface area (Å²) in [6, 6.07) is 13.2. The number of carbonyl (C=O) groups is 2. The van der Waals surface area contributed by atoms with E-state index in [1.807, 2.05) is 41.8 Å². The summed E-state index contributed by atoms with van der Waals surface area (Å²) >= 11 is 1.36. The van der Waals surface area contributed by atoms with Gasteiger partial charge in [0.15, 0.2) is 10.9 Å². The Hall–Kier alpha value is -3.33. The molecular formula is C25H27N5O3S. The number of fused-ring (bicyclic) bond motifs is 1. The van der Waals surface area contributed by atoms with E-state index >= 15 is 0 Å². The van der Waals surface area contributed by atoms with Gasteiger partial charge >= 0.3 is 0 Å². The first kappa shape index (κ1) is 22.5. The Kier molecular flexibility index (Phi) is 6.28. The Bertz CT molecular complexity index is 1240. The SMILES string of the molecule is COc1ccccc1-n1c(SCC(=O)c2ccc3c(c2)C(C)C(=O)N3)nnc1N1CCCCC1. The van der Waals surface area contributed by atoms with Crippen LogP contribution in [-0.4, -0.2) is 52.4 Å².